The maximum Gasteiger partial charge on any atom is 0.335 e. The average molecular weight is 602 g/mol. The standard InChI is InChI=1S/C29H25ClN2O4.C6H15N/c1-18-15-24(30)12-13-25(18)26(16-27(31-36)23-11-14-28(33)32(2)17-23)21-7-3-19(4-8-21)20-5-9-22(10-6-20)29(34)35;1-4-7(5-2)6-3/h3-15,17,26,36H,16H2,1-2H3,(H,34,35);4-6H2,1-3H3/b31-27+;/t26-;/m1./s1. The minimum Gasteiger partial charge on any atom is -0.478 e. The van der Waals surface area contributed by atoms with Crippen molar-refractivity contribution in [3.8, 4) is 11.1 Å². The molecule has 1 aromatic heterocycles. The van der Waals surface area contributed by atoms with Crippen LogP contribution in [-0.4, -0.2) is 51.1 Å². The maximum absolute atomic E-state index is 11.8. The van der Waals surface area contributed by atoms with Gasteiger partial charge in [-0.3, -0.25) is 4.79 Å². The number of pyridine rings is 1. The molecule has 4 aromatic rings. The number of rotatable bonds is 10. The summed E-state index contributed by atoms with van der Waals surface area (Å²) in [4.78, 5) is 25.4. The molecule has 0 radical (unpaired) electrons. The van der Waals surface area contributed by atoms with Gasteiger partial charge in [-0.2, -0.15) is 0 Å². The van der Waals surface area contributed by atoms with Crippen molar-refractivity contribution in [2.24, 2.45) is 12.2 Å². The number of halogens is 1. The molecule has 0 unspecified atom stereocenters. The number of carboxylic acids is 1. The van der Waals surface area contributed by atoms with Gasteiger partial charge in [0.2, 0.25) is 5.56 Å². The Hall–Kier alpha value is -4.20. The van der Waals surface area contributed by atoms with E-state index in [0.717, 1.165) is 27.8 Å². The van der Waals surface area contributed by atoms with E-state index in [0.29, 0.717) is 22.7 Å². The van der Waals surface area contributed by atoms with E-state index in [9.17, 15) is 14.8 Å². The average Bonchev–Trinajstić information content (AvgIpc) is 3.01. The number of nitrogens with zero attached hydrogens (tertiary/aromatic N) is 3. The number of hydrogen-bond donors (Lipinski definition) is 2. The van der Waals surface area contributed by atoms with Gasteiger partial charge in [0.15, 0.2) is 0 Å². The van der Waals surface area contributed by atoms with Crippen molar-refractivity contribution in [1.29, 1.82) is 0 Å². The van der Waals surface area contributed by atoms with Crippen LogP contribution in [0.25, 0.3) is 11.1 Å². The molecule has 0 fully saturated rings. The lowest BCUT2D eigenvalue weighted by Gasteiger charge is -2.21. The summed E-state index contributed by atoms with van der Waals surface area (Å²) in [5, 5.41) is 23.3. The van der Waals surface area contributed by atoms with E-state index in [1.807, 2.05) is 49.4 Å². The molecule has 0 saturated carbocycles. The number of hydrogen-bond acceptors (Lipinski definition) is 5. The first kappa shape index (κ1) is 33.3. The first-order valence-corrected chi connectivity index (χ1v) is 14.8. The molecule has 0 saturated heterocycles. The Morgan fingerprint density at radius 2 is 1.44 bits per heavy atom. The van der Waals surface area contributed by atoms with E-state index in [-0.39, 0.29) is 17.0 Å². The van der Waals surface area contributed by atoms with E-state index < -0.39 is 5.97 Å². The van der Waals surface area contributed by atoms with E-state index in [2.05, 4.69) is 30.8 Å². The summed E-state index contributed by atoms with van der Waals surface area (Å²) in [6.45, 7) is 12.1. The van der Waals surface area contributed by atoms with Crippen LogP contribution < -0.4 is 5.56 Å². The summed E-state index contributed by atoms with van der Waals surface area (Å²) in [6, 6.07) is 23.6. The second-order valence-corrected chi connectivity index (χ2v) is 10.7. The second-order valence-electron chi connectivity index (χ2n) is 10.3. The van der Waals surface area contributed by atoms with Crippen molar-refractivity contribution in [2.75, 3.05) is 19.6 Å². The fourth-order valence-electron chi connectivity index (χ4n) is 5.00. The molecule has 3 aromatic carbocycles. The number of aromatic carboxylic acids is 1. The van der Waals surface area contributed by atoms with Gasteiger partial charge in [0.1, 0.15) is 0 Å². The molecule has 0 amide bonds. The van der Waals surface area contributed by atoms with Crippen LogP contribution in [0.2, 0.25) is 5.02 Å². The Labute approximate surface area is 258 Å². The summed E-state index contributed by atoms with van der Waals surface area (Å²) in [5.74, 6) is -1.10. The fourth-order valence-corrected chi connectivity index (χ4v) is 5.22. The van der Waals surface area contributed by atoms with Crippen molar-refractivity contribution in [3.05, 3.63) is 128 Å². The molecule has 226 valence electrons. The predicted molar refractivity (Wildman–Crippen MR) is 175 cm³/mol. The smallest absolute Gasteiger partial charge is 0.335 e. The Bertz CT molecular complexity index is 1590. The molecule has 8 heteroatoms. The van der Waals surface area contributed by atoms with Gasteiger partial charge >= 0.3 is 5.97 Å². The van der Waals surface area contributed by atoms with E-state index in [1.54, 1.807) is 43.6 Å². The molecule has 0 bridgehead atoms. The van der Waals surface area contributed by atoms with Gasteiger partial charge in [-0.15, -0.1) is 0 Å². The molecule has 1 heterocycles. The summed E-state index contributed by atoms with van der Waals surface area (Å²) in [6.07, 6.45) is 2.05. The highest BCUT2D eigenvalue weighted by Crippen LogP contribution is 2.34. The number of carboxylic acid groups (broad SMARTS) is 1. The minimum absolute atomic E-state index is 0.145. The van der Waals surface area contributed by atoms with E-state index in [1.165, 1.54) is 30.3 Å². The Morgan fingerprint density at radius 3 is 1.91 bits per heavy atom. The third-order valence-electron chi connectivity index (χ3n) is 7.66. The summed E-state index contributed by atoms with van der Waals surface area (Å²) in [5.41, 5.74) is 6.14. The van der Waals surface area contributed by atoms with Crippen LogP contribution in [0, 0.1) is 6.92 Å². The van der Waals surface area contributed by atoms with Crippen LogP contribution in [0.5, 0.6) is 0 Å². The number of carbonyl (C=O) groups is 1. The normalized spacial score (nSPS) is 12.0. The first-order valence-electron chi connectivity index (χ1n) is 14.4. The molecule has 7 nitrogen and oxygen atoms in total. The van der Waals surface area contributed by atoms with Crippen LogP contribution in [0.3, 0.4) is 0 Å². The van der Waals surface area contributed by atoms with Crippen molar-refractivity contribution >= 4 is 23.3 Å². The highest BCUT2D eigenvalue weighted by atomic mass is 35.5. The number of aryl methyl sites for hydroxylation is 2. The summed E-state index contributed by atoms with van der Waals surface area (Å²) >= 11 is 6.22. The summed E-state index contributed by atoms with van der Waals surface area (Å²) < 4.78 is 1.45. The van der Waals surface area contributed by atoms with Gasteiger partial charge in [-0.05, 0) is 84.7 Å². The number of oxime groups is 1. The zero-order chi connectivity index (χ0) is 31.5. The van der Waals surface area contributed by atoms with Gasteiger partial charge < -0.3 is 19.8 Å². The predicted octanol–water partition coefficient (Wildman–Crippen LogP) is 7.46. The molecule has 0 aliphatic rings. The van der Waals surface area contributed by atoms with Gasteiger partial charge in [0.05, 0.1) is 11.3 Å². The molecule has 2 N–H and O–H groups in total. The van der Waals surface area contributed by atoms with Gasteiger partial charge in [-0.1, -0.05) is 80.0 Å². The zero-order valence-corrected chi connectivity index (χ0v) is 26.2. The van der Waals surface area contributed by atoms with Crippen LogP contribution in [-0.2, 0) is 7.05 Å². The molecule has 1 atom stereocenters. The van der Waals surface area contributed by atoms with E-state index >= 15 is 0 Å². The number of benzene rings is 3. The zero-order valence-electron chi connectivity index (χ0n) is 25.4. The lowest BCUT2D eigenvalue weighted by Crippen LogP contribution is -2.21. The fraction of sp³-hybridized carbons (Fsp3) is 0.286. The lowest BCUT2D eigenvalue weighted by atomic mass is 9.83. The monoisotopic (exact) mass is 601 g/mol. The maximum atomic E-state index is 11.8. The number of aromatic nitrogens is 1. The Kier molecular flexibility index (Phi) is 12.3. The topological polar surface area (TPSA) is 95.1 Å². The lowest BCUT2D eigenvalue weighted by molar-refractivity contribution is 0.0697. The molecular weight excluding hydrogens is 562 g/mol. The molecule has 0 aliphatic carbocycles. The highest BCUT2D eigenvalue weighted by Gasteiger charge is 2.21. The Morgan fingerprint density at radius 1 is 0.884 bits per heavy atom. The van der Waals surface area contributed by atoms with Crippen LogP contribution in [0.15, 0.2) is 95.0 Å². The van der Waals surface area contributed by atoms with Crippen LogP contribution >= 0.6 is 11.6 Å². The first-order chi connectivity index (χ1) is 20.6. The van der Waals surface area contributed by atoms with Crippen LogP contribution in [0.4, 0.5) is 0 Å². The van der Waals surface area contributed by atoms with Gasteiger partial charge in [0, 0.05) is 42.2 Å². The Balaban J connectivity index is 0.000000646. The van der Waals surface area contributed by atoms with Crippen LogP contribution in [0.1, 0.15) is 65.7 Å². The second kappa shape index (κ2) is 15.9. The van der Waals surface area contributed by atoms with E-state index in [4.69, 9.17) is 16.7 Å². The molecular formula is C35H40ClN3O4. The third kappa shape index (κ3) is 8.89. The molecule has 43 heavy (non-hydrogen) atoms. The molecule has 0 spiro atoms. The minimum atomic E-state index is -0.960. The molecule has 4 rings (SSSR count). The van der Waals surface area contributed by atoms with Gasteiger partial charge in [0.25, 0.3) is 0 Å². The van der Waals surface area contributed by atoms with Crippen molar-refractivity contribution in [1.82, 2.24) is 9.47 Å². The highest BCUT2D eigenvalue weighted by molar-refractivity contribution is 6.30. The SMILES string of the molecule is CCN(CC)CC.Cc1cc(Cl)ccc1[C@H](C/C(=N\O)c1ccc(=O)n(C)c1)c1ccc(-c2ccc(C(=O)O)cc2)cc1. The quantitative estimate of drug-likeness (QED) is 0.112. The van der Waals surface area contributed by atoms with Crippen molar-refractivity contribution in [3.63, 3.8) is 0 Å². The third-order valence-corrected chi connectivity index (χ3v) is 7.90. The van der Waals surface area contributed by atoms with Crippen molar-refractivity contribution < 1.29 is 15.1 Å². The van der Waals surface area contributed by atoms with Gasteiger partial charge in [-0.25, -0.2) is 4.79 Å². The molecule has 0 aliphatic heterocycles. The summed E-state index contributed by atoms with van der Waals surface area (Å²) in [7, 11) is 1.66. The van der Waals surface area contributed by atoms with Crippen molar-refractivity contribution in [2.45, 2.75) is 40.0 Å². The largest absolute Gasteiger partial charge is 0.478 e.